The van der Waals surface area contributed by atoms with Crippen molar-refractivity contribution < 1.29 is 5.11 Å². The Morgan fingerprint density at radius 2 is 2.38 bits per heavy atom. The Bertz CT molecular complexity index is 484. The third-order valence-corrected chi connectivity index (χ3v) is 4.41. The van der Waals surface area contributed by atoms with Crippen LogP contribution in [0.15, 0.2) is 22.5 Å². The summed E-state index contributed by atoms with van der Waals surface area (Å²) in [5.41, 5.74) is 9.53. The monoisotopic (exact) mass is 254 g/mol. The lowest BCUT2D eigenvalue weighted by molar-refractivity contribution is 0.289. The van der Waals surface area contributed by atoms with Gasteiger partial charge in [-0.3, -0.25) is 0 Å². The zero-order valence-electron chi connectivity index (χ0n) is 9.01. The average molecular weight is 254 g/mol. The van der Waals surface area contributed by atoms with Crippen molar-refractivity contribution >= 4 is 39.0 Å². The molecule has 2 rings (SSSR count). The number of thioether (sulfide) groups is 1. The van der Waals surface area contributed by atoms with E-state index in [4.69, 9.17) is 10.8 Å². The van der Waals surface area contributed by atoms with Gasteiger partial charge in [-0.2, -0.15) is 0 Å². The molecule has 1 unspecified atom stereocenters. The van der Waals surface area contributed by atoms with Gasteiger partial charge in [0.15, 0.2) is 0 Å². The van der Waals surface area contributed by atoms with E-state index in [2.05, 4.69) is 18.0 Å². The highest BCUT2D eigenvalue weighted by Gasteiger charge is 2.10. The van der Waals surface area contributed by atoms with Crippen molar-refractivity contribution in [3.8, 4) is 0 Å². The second-order valence-electron chi connectivity index (χ2n) is 3.62. The lowest BCUT2D eigenvalue weighted by Gasteiger charge is -2.11. The smallest absolute Gasteiger partial charge is 0.105 e. The van der Waals surface area contributed by atoms with Crippen LogP contribution in [0.25, 0.3) is 10.2 Å². The molecule has 0 bridgehead atoms. The minimum absolute atomic E-state index is 0.215. The molecule has 2 aromatic rings. The minimum Gasteiger partial charge on any atom is -0.396 e. The highest BCUT2D eigenvalue weighted by molar-refractivity contribution is 8.00. The SMILES string of the molecule is CC(CCO)Sc1ccc2scnc2c1N. The lowest BCUT2D eigenvalue weighted by atomic mass is 10.3. The number of aromatic nitrogens is 1. The van der Waals surface area contributed by atoms with E-state index in [0.29, 0.717) is 5.25 Å². The van der Waals surface area contributed by atoms with E-state index in [0.717, 1.165) is 27.2 Å². The maximum atomic E-state index is 8.87. The topological polar surface area (TPSA) is 59.1 Å². The molecule has 0 aliphatic carbocycles. The van der Waals surface area contributed by atoms with Gasteiger partial charge in [-0.05, 0) is 18.6 Å². The minimum atomic E-state index is 0.215. The normalized spacial score (nSPS) is 13.1. The fourth-order valence-corrected chi connectivity index (χ4v) is 3.21. The summed E-state index contributed by atoms with van der Waals surface area (Å²) < 4.78 is 1.12. The average Bonchev–Trinajstić information content (AvgIpc) is 2.71. The zero-order chi connectivity index (χ0) is 11.5. The fraction of sp³-hybridized carbons (Fsp3) is 0.364. The number of nitrogens with zero attached hydrogens (tertiary/aromatic N) is 1. The number of anilines is 1. The molecule has 0 fully saturated rings. The van der Waals surface area contributed by atoms with E-state index >= 15 is 0 Å². The van der Waals surface area contributed by atoms with Gasteiger partial charge in [-0.1, -0.05) is 6.92 Å². The van der Waals surface area contributed by atoms with Crippen molar-refractivity contribution in [3.05, 3.63) is 17.6 Å². The highest BCUT2D eigenvalue weighted by Crippen LogP contribution is 2.35. The molecular formula is C11H14N2OS2. The summed E-state index contributed by atoms with van der Waals surface area (Å²) in [6, 6.07) is 4.09. The first-order valence-electron chi connectivity index (χ1n) is 5.11. The van der Waals surface area contributed by atoms with Crippen LogP contribution in [-0.2, 0) is 0 Å². The molecule has 3 nitrogen and oxygen atoms in total. The Hall–Kier alpha value is -0.780. The van der Waals surface area contributed by atoms with Gasteiger partial charge < -0.3 is 10.8 Å². The van der Waals surface area contributed by atoms with Gasteiger partial charge in [0.25, 0.3) is 0 Å². The molecule has 86 valence electrons. The summed E-state index contributed by atoms with van der Waals surface area (Å²) in [7, 11) is 0. The molecule has 0 spiro atoms. The summed E-state index contributed by atoms with van der Waals surface area (Å²) in [4.78, 5) is 5.32. The Kier molecular flexibility index (Phi) is 3.68. The molecule has 1 atom stereocenters. The van der Waals surface area contributed by atoms with Crippen LogP contribution < -0.4 is 5.73 Å². The van der Waals surface area contributed by atoms with Crippen molar-refractivity contribution in [1.82, 2.24) is 4.98 Å². The van der Waals surface area contributed by atoms with Crippen molar-refractivity contribution in [2.24, 2.45) is 0 Å². The predicted octanol–water partition coefficient (Wildman–Crippen LogP) is 2.74. The van der Waals surface area contributed by atoms with Crippen molar-refractivity contribution in [1.29, 1.82) is 0 Å². The molecule has 5 heteroatoms. The molecule has 1 aromatic carbocycles. The van der Waals surface area contributed by atoms with Gasteiger partial charge in [0.2, 0.25) is 0 Å². The van der Waals surface area contributed by atoms with Gasteiger partial charge >= 0.3 is 0 Å². The molecule has 1 heterocycles. The fourth-order valence-electron chi connectivity index (χ4n) is 1.49. The number of hydrogen-bond donors (Lipinski definition) is 2. The van der Waals surface area contributed by atoms with Crippen LogP contribution in [0.4, 0.5) is 5.69 Å². The van der Waals surface area contributed by atoms with Gasteiger partial charge in [0.05, 0.1) is 15.9 Å². The maximum Gasteiger partial charge on any atom is 0.105 e. The number of benzene rings is 1. The second-order valence-corrected chi connectivity index (χ2v) is 5.98. The molecule has 0 amide bonds. The second kappa shape index (κ2) is 5.03. The summed E-state index contributed by atoms with van der Waals surface area (Å²) in [5.74, 6) is 0. The third kappa shape index (κ3) is 2.31. The molecule has 0 saturated heterocycles. The first-order chi connectivity index (χ1) is 7.72. The highest BCUT2D eigenvalue weighted by atomic mass is 32.2. The first-order valence-corrected chi connectivity index (χ1v) is 6.87. The third-order valence-electron chi connectivity index (χ3n) is 2.37. The van der Waals surface area contributed by atoms with Gasteiger partial charge in [0.1, 0.15) is 5.52 Å². The Labute approximate surface area is 103 Å². The number of aliphatic hydroxyl groups excluding tert-OH is 1. The van der Waals surface area contributed by atoms with Gasteiger partial charge in [-0.25, -0.2) is 4.98 Å². The molecule has 0 aliphatic rings. The van der Waals surface area contributed by atoms with Crippen LogP contribution in [0.5, 0.6) is 0 Å². The van der Waals surface area contributed by atoms with E-state index in [1.807, 2.05) is 11.6 Å². The molecule has 16 heavy (non-hydrogen) atoms. The van der Waals surface area contributed by atoms with Crippen LogP contribution in [0, 0.1) is 0 Å². The maximum absolute atomic E-state index is 8.87. The van der Waals surface area contributed by atoms with E-state index in [9.17, 15) is 0 Å². The van der Waals surface area contributed by atoms with Crippen molar-refractivity contribution in [2.75, 3.05) is 12.3 Å². The van der Waals surface area contributed by atoms with Crippen molar-refractivity contribution in [2.45, 2.75) is 23.5 Å². The number of rotatable bonds is 4. The number of aliphatic hydroxyl groups is 1. The number of nitrogens with two attached hydrogens (primary N) is 1. The van der Waals surface area contributed by atoms with Gasteiger partial charge in [0, 0.05) is 16.8 Å². The number of thiazole rings is 1. The van der Waals surface area contributed by atoms with Crippen LogP contribution >= 0.6 is 23.1 Å². The molecule has 1 aromatic heterocycles. The van der Waals surface area contributed by atoms with E-state index in [1.165, 1.54) is 0 Å². The summed E-state index contributed by atoms with van der Waals surface area (Å²) >= 11 is 3.29. The van der Waals surface area contributed by atoms with E-state index in [1.54, 1.807) is 23.1 Å². The lowest BCUT2D eigenvalue weighted by Crippen LogP contribution is -2.00. The van der Waals surface area contributed by atoms with Crippen LogP contribution in [0.3, 0.4) is 0 Å². The van der Waals surface area contributed by atoms with Gasteiger partial charge in [-0.15, -0.1) is 23.1 Å². The number of nitrogen functional groups attached to an aromatic ring is 1. The van der Waals surface area contributed by atoms with E-state index in [-0.39, 0.29) is 6.61 Å². The summed E-state index contributed by atoms with van der Waals surface area (Å²) in [6.07, 6.45) is 0.777. The number of hydrogen-bond acceptors (Lipinski definition) is 5. The standard InChI is InChI=1S/C11H14N2OS2/c1-7(4-5-14)16-8-2-3-9-11(10(8)12)13-6-15-9/h2-3,6-7,14H,4-5,12H2,1H3. The Morgan fingerprint density at radius 3 is 3.12 bits per heavy atom. The molecular weight excluding hydrogens is 240 g/mol. The molecule has 0 aliphatic heterocycles. The Morgan fingerprint density at radius 1 is 1.56 bits per heavy atom. The largest absolute Gasteiger partial charge is 0.396 e. The molecule has 0 saturated carbocycles. The predicted molar refractivity (Wildman–Crippen MR) is 71.1 cm³/mol. The molecule has 3 N–H and O–H groups in total. The zero-order valence-corrected chi connectivity index (χ0v) is 10.6. The Balaban J connectivity index is 2.27. The number of fused-ring (bicyclic) bond motifs is 1. The molecule has 0 radical (unpaired) electrons. The van der Waals surface area contributed by atoms with E-state index < -0.39 is 0 Å². The summed E-state index contributed by atoms with van der Waals surface area (Å²) in [5, 5.41) is 9.23. The van der Waals surface area contributed by atoms with Crippen molar-refractivity contribution in [3.63, 3.8) is 0 Å². The quantitative estimate of drug-likeness (QED) is 0.650. The van der Waals surface area contributed by atoms with Crippen LogP contribution in [0.1, 0.15) is 13.3 Å². The van der Waals surface area contributed by atoms with Crippen LogP contribution in [0.2, 0.25) is 0 Å². The van der Waals surface area contributed by atoms with Crippen LogP contribution in [-0.4, -0.2) is 21.9 Å². The first kappa shape index (κ1) is 11.7. The summed E-state index contributed by atoms with van der Waals surface area (Å²) in [6.45, 7) is 2.30.